The Morgan fingerprint density at radius 1 is 1.03 bits per heavy atom. The molecular formula is C28H28N4O4S. The number of benzene rings is 3. The molecule has 1 heterocycles. The number of amides is 2. The maximum absolute atomic E-state index is 13.4. The van der Waals surface area contributed by atoms with Crippen LogP contribution in [-0.2, 0) is 9.59 Å². The third kappa shape index (κ3) is 6.13. The molecule has 37 heavy (non-hydrogen) atoms. The Morgan fingerprint density at radius 3 is 2.41 bits per heavy atom. The number of anilines is 3. The van der Waals surface area contributed by atoms with Crippen LogP contribution in [0.25, 0.3) is 6.08 Å². The Hall–Kier alpha value is -4.24. The highest BCUT2D eigenvalue weighted by Gasteiger charge is 2.32. The molecule has 0 bridgehead atoms. The highest BCUT2D eigenvalue weighted by molar-refractivity contribution is 8.14. The first-order chi connectivity index (χ1) is 17.9. The average Bonchev–Trinajstić information content (AvgIpc) is 3.22. The molecular weight excluding hydrogens is 488 g/mol. The molecule has 1 N–H and O–H groups in total. The van der Waals surface area contributed by atoms with Gasteiger partial charge in [-0.2, -0.15) is 0 Å². The molecule has 0 saturated heterocycles. The van der Waals surface area contributed by atoms with Gasteiger partial charge >= 0.3 is 0 Å². The molecule has 1 aliphatic rings. The van der Waals surface area contributed by atoms with Crippen molar-refractivity contribution in [1.29, 1.82) is 0 Å². The Labute approximate surface area is 220 Å². The highest BCUT2D eigenvalue weighted by atomic mass is 32.2. The second-order valence-electron chi connectivity index (χ2n) is 8.29. The SMILES string of the molecule is COc1ccc(OC)c(NC(=O)CSC2=N/C(=C/c3ccc(N(C)C)cc3)C(=O)N2c2ccccc2)c1. The Balaban J connectivity index is 1.55. The number of carbonyl (C=O) groups is 2. The molecule has 2 amide bonds. The minimum Gasteiger partial charge on any atom is -0.497 e. The summed E-state index contributed by atoms with van der Waals surface area (Å²) in [5.41, 5.74) is 3.40. The number of hydrogen-bond acceptors (Lipinski definition) is 7. The van der Waals surface area contributed by atoms with Crippen molar-refractivity contribution in [3.05, 3.63) is 84.1 Å². The molecule has 0 saturated carbocycles. The van der Waals surface area contributed by atoms with Crippen LogP contribution < -0.4 is 24.6 Å². The third-order valence-corrected chi connectivity index (χ3v) is 6.51. The van der Waals surface area contributed by atoms with E-state index in [1.807, 2.05) is 73.6 Å². The standard InChI is InChI=1S/C28H28N4O4S/c1-31(2)20-12-10-19(11-13-20)16-24-27(34)32(21-8-6-5-7-9-21)28(30-24)37-18-26(33)29-23-17-22(35-3)14-15-25(23)36-4/h5-17H,18H2,1-4H3,(H,29,33)/b24-16+. The van der Waals surface area contributed by atoms with Crippen LogP contribution in [0.3, 0.4) is 0 Å². The summed E-state index contributed by atoms with van der Waals surface area (Å²) in [4.78, 5) is 34.3. The third-order valence-electron chi connectivity index (χ3n) is 5.57. The van der Waals surface area contributed by atoms with Crippen LogP contribution in [0.4, 0.5) is 17.1 Å². The number of carbonyl (C=O) groups excluding carboxylic acids is 2. The number of methoxy groups -OCH3 is 2. The fourth-order valence-electron chi connectivity index (χ4n) is 3.65. The van der Waals surface area contributed by atoms with E-state index in [1.165, 1.54) is 23.8 Å². The van der Waals surface area contributed by atoms with Crippen LogP contribution in [-0.4, -0.2) is 51.0 Å². The summed E-state index contributed by atoms with van der Waals surface area (Å²) in [6.45, 7) is 0. The maximum Gasteiger partial charge on any atom is 0.283 e. The van der Waals surface area contributed by atoms with Gasteiger partial charge in [-0.1, -0.05) is 42.1 Å². The monoisotopic (exact) mass is 516 g/mol. The second kappa shape index (κ2) is 11.7. The number of nitrogens with one attached hydrogen (secondary N) is 1. The summed E-state index contributed by atoms with van der Waals surface area (Å²) in [5, 5.41) is 3.28. The summed E-state index contributed by atoms with van der Waals surface area (Å²) < 4.78 is 10.6. The maximum atomic E-state index is 13.4. The van der Waals surface area contributed by atoms with Crippen molar-refractivity contribution in [2.24, 2.45) is 4.99 Å². The summed E-state index contributed by atoms with van der Waals surface area (Å²) in [6.07, 6.45) is 1.76. The second-order valence-corrected chi connectivity index (χ2v) is 9.23. The summed E-state index contributed by atoms with van der Waals surface area (Å²) in [7, 11) is 7.03. The van der Waals surface area contributed by atoms with Gasteiger partial charge in [0.15, 0.2) is 5.17 Å². The predicted molar refractivity (Wildman–Crippen MR) is 151 cm³/mol. The molecule has 0 spiro atoms. The molecule has 3 aromatic rings. The van der Waals surface area contributed by atoms with Crippen molar-refractivity contribution < 1.29 is 19.1 Å². The number of thioether (sulfide) groups is 1. The van der Waals surface area contributed by atoms with Gasteiger partial charge in [-0.15, -0.1) is 0 Å². The van der Waals surface area contributed by atoms with Crippen LogP contribution in [0.5, 0.6) is 11.5 Å². The first kappa shape index (κ1) is 25.8. The summed E-state index contributed by atoms with van der Waals surface area (Å²) >= 11 is 1.19. The zero-order chi connectivity index (χ0) is 26.4. The Kier molecular flexibility index (Phi) is 8.15. The first-order valence-electron chi connectivity index (χ1n) is 11.5. The molecule has 190 valence electrons. The van der Waals surface area contributed by atoms with E-state index in [2.05, 4.69) is 10.3 Å². The lowest BCUT2D eigenvalue weighted by atomic mass is 10.1. The summed E-state index contributed by atoms with van der Waals surface area (Å²) in [5.74, 6) is 0.638. The molecule has 0 aromatic heterocycles. The van der Waals surface area contributed by atoms with Gasteiger partial charge in [0, 0.05) is 25.8 Å². The lowest BCUT2D eigenvalue weighted by Crippen LogP contribution is -2.31. The zero-order valence-corrected chi connectivity index (χ0v) is 21.9. The minimum absolute atomic E-state index is 0.0423. The Bertz CT molecular complexity index is 1340. The van der Waals surface area contributed by atoms with E-state index in [4.69, 9.17) is 9.47 Å². The molecule has 0 atom stereocenters. The van der Waals surface area contributed by atoms with E-state index in [9.17, 15) is 9.59 Å². The van der Waals surface area contributed by atoms with Crippen molar-refractivity contribution >= 4 is 51.9 Å². The van der Waals surface area contributed by atoms with Crippen LogP contribution in [0.2, 0.25) is 0 Å². The molecule has 0 fully saturated rings. The smallest absolute Gasteiger partial charge is 0.283 e. The molecule has 3 aromatic carbocycles. The minimum atomic E-state index is -0.267. The van der Waals surface area contributed by atoms with Gasteiger partial charge in [-0.05, 0) is 48.0 Å². The number of rotatable bonds is 8. The van der Waals surface area contributed by atoms with Gasteiger partial charge in [-0.3, -0.25) is 14.5 Å². The van der Waals surface area contributed by atoms with Crippen molar-refractivity contribution in [3.63, 3.8) is 0 Å². The molecule has 0 radical (unpaired) electrons. The predicted octanol–water partition coefficient (Wildman–Crippen LogP) is 4.89. The lowest BCUT2D eigenvalue weighted by molar-refractivity contribution is -0.114. The fourth-order valence-corrected chi connectivity index (χ4v) is 4.47. The fraction of sp³-hybridized carbons (Fsp3) is 0.179. The van der Waals surface area contributed by atoms with E-state index in [-0.39, 0.29) is 17.6 Å². The molecule has 0 aliphatic carbocycles. The van der Waals surface area contributed by atoms with E-state index in [1.54, 1.807) is 31.4 Å². The van der Waals surface area contributed by atoms with Gasteiger partial charge in [0.05, 0.1) is 31.3 Å². The van der Waals surface area contributed by atoms with E-state index in [0.29, 0.717) is 33.7 Å². The molecule has 4 rings (SSSR count). The van der Waals surface area contributed by atoms with E-state index >= 15 is 0 Å². The van der Waals surface area contributed by atoms with Crippen LogP contribution >= 0.6 is 11.8 Å². The van der Waals surface area contributed by atoms with Crippen molar-refractivity contribution in [3.8, 4) is 11.5 Å². The number of aliphatic imine (C=N–C) groups is 1. The molecule has 9 heteroatoms. The topological polar surface area (TPSA) is 83.5 Å². The number of nitrogens with zero attached hydrogens (tertiary/aromatic N) is 3. The lowest BCUT2D eigenvalue weighted by Gasteiger charge is -2.17. The number of amidine groups is 1. The molecule has 1 aliphatic heterocycles. The van der Waals surface area contributed by atoms with Crippen molar-refractivity contribution in [2.75, 3.05) is 49.2 Å². The molecule has 8 nitrogen and oxygen atoms in total. The van der Waals surface area contributed by atoms with Gasteiger partial charge < -0.3 is 19.7 Å². The van der Waals surface area contributed by atoms with Crippen LogP contribution in [0.15, 0.2) is 83.5 Å². The van der Waals surface area contributed by atoms with Crippen molar-refractivity contribution in [1.82, 2.24) is 0 Å². The van der Waals surface area contributed by atoms with Crippen LogP contribution in [0.1, 0.15) is 5.56 Å². The van der Waals surface area contributed by atoms with Crippen molar-refractivity contribution in [2.45, 2.75) is 0 Å². The number of para-hydroxylation sites is 1. The largest absolute Gasteiger partial charge is 0.497 e. The molecule has 0 unspecified atom stereocenters. The van der Waals surface area contributed by atoms with Gasteiger partial charge in [-0.25, -0.2) is 4.99 Å². The Morgan fingerprint density at radius 2 is 1.76 bits per heavy atom. The normalized spacial score (nSPS) is 13.9. The van der Waals surface area contributed by atoms with Gasteiger partial charge in [0.1, 0.15) is 17.2 Å². The average molecular weight is 517 g/mol. The van der Waals surface area contributed by atoms with Crippen LogP contribution in [0, 0.1) is 0 Å². The van der Waals surface area contributed by atoms with Gasteiger partial charge in [0.25, 0.3) is 5.91 Å². The highest BCUT2D eigenvalue weighted by Crippen LogP contribution is 2.31. The van der Waals surface area contributed by atoms with Gasteiger partial charge in [0.2, 0.25) is 5.91 Å². The quantitative estimate of drug-likeness (QED) is 0.430. The van der Waals surface area contributed by atoms with E-state index < -0.39 is 0 Å². The van der Waals surface area contributed by atoms with E-state index in [0.717, 1.165) is 11.3 Å². The zero-order valence-electron chi connectivity index (χ0n) is 21.1. The number of ether oxygens (including phenoxy) is 2. The number of hydrogen-bond donors (Lipinski definition) is 1. The first-order valence-corrected chi connectivity index (χ1v) is 12.5. The summed E-state index contributed by atoms with van der Waals surface area (Å²) in [6, 6.07) is 22.3.